The lowest BCUT2D eigenvalue weighted by Gasteiger charge is -2.25. The standard InChI is InChI=1S/C9H9F3O5S/c10-9(11,12)8(13)16-6-3-1-4-5(2-3)18(14,15)17-7(4)6/h3-7H,1-2H2. The van der Waals surface area contributed by atoms with Crippen LogP contribution in [0.15, 0.2) is 0 Å². The molecule has 9 heteroatoms. The average molecular weight is 286 g/mol. The molecule has 0 radical (unpaired) electrons. The minimum absolute atomic E-state index is 0.208. The van der Waals surface area contributed by atoms with Gasteiger partial charge in [0.25, 0.3) is 10.1 Å². The maximum atomic E-state index is 12.1. The van der Waals surface area contributed by atoms with Crippen LogP contribution >= 0.6 is 0 Å². The first-order chi connectivity index (χ1) is 8.20. The van der Waals surface area contributed by atoms with Crippen molar-refractivity contribution in [2.45, 2.75) is 36.5 Å². The van der Waals surface area contributed by atoms with E-state index < -0.39 is 39.7 Å². The van der Waals surface area contributed by atoms with E-state index in [-0.39, 0.29) is 18.3 Å². The van der Waals surface area contributed by atoms with Crippen molar-refractivity contribution in [1.29, 1.82) is 0 Å². The van der Waals surface area contributed by atoms with E-state index >= 15 is 0 Å². The Bertz CT molecular complexity index is 499. The topological polar surface area (TPSA) is 69.7 Å². The molecule has 18 heavy (non-hydrogen) atoms. The van der Waals surface area contributed by atoms with E-state index in [1.807, 2.05) is 0 Å². The second-order valence-corrected chi connectivity index (χ2v) is 6.64. The van der Waals surface area contributed by atoms with Gasteiger partial charge in [0.2, 0.25) is 0 Å². The summed E-state index contributed by atoms with van der Waals surface area (Å²) < 4.78 is 68.5. The van der Waals surface area contributed by atoms with Crippen molar-refractivity contribution < 1.29 is 35.3 Å². The SMILES string of the molecule is O=C(OC1C2CC3C1OS(=O)(=O)C3C2)C(F)(F)F. The van der Waals surface area contributed by atoms with Gasteiger partial charge < -0.3 is 4.74 Å². The highest BCUT2D eigenvalue weighted by Gasteiger charge is 2.66. The molecule has 2 saturated carbocycles. The molecule has 3 aliphatic rings. The first-order valence-electron chi connectivity index (χ1n) is 5.40. The number of ether oxygens (including phenoxy) is 1. The van der Waals surface area contributed by atoms with Crippen molar-refractivity contribution >= 4 is 16.1 Å². The molecule has 102 valence electrons. The maximum Gasteiger partial charge on any atom is 0.490 e. The Kier molecular flexibility index (Phi) is 2.30. The fraction of sp³-hybridized carbons (Fsp3) is 0.889. The quantitative estimate of drug-likeness (QED) is 0.521. The molecule has 2 bridgehead atoms. The van der Waals surface area contributed by atoms with Gasteiger partial charge in [0.05, 0.1) is 5.25 Å². The van der Waals surface area contributed by atoms with Gasteiger partial charge in [-0.05, 0) is 12.8 Å². The molecule has 1 saturated heterocycles. The predicted molar refractivity (Wildman–Crippen MR) is 49.7 cm³/mol. The third-order valence-electron chi connectivity index (χ3n) is 3.89. The van der Waals surface area contributed by atoms with Crippen LogP contribution in [-0.4, -0.2) is 38.0 Å². The van der Waals surface area contributed by atoms with Crippen LogP contribution in [-0.2, 0) is 23.8 Å². The van der Waals surface area contributed by atoms with Crippen molar-refractivity contribution in [1.82, 2.24) is 0 Å². The van der Waals surface area contributed by atoms with Crippen LogP contribution in [0.25, 0.3) is 0 Å². The van der Waals surface area contributed by atoms with Crippen molar-refractivity contribution in [3.8, 4) is 0 Å². The molecule has 5 atom stereocenters. The minimum Gasteiger partial charge on any atom is -0.453 e. The second kappa shape index (κ2) is 3.38. The van der Waals surface area contributed by atoms with Gasteiger partial charge in [-0.1, -0.05) is 0 Å². The van der Waals surface area contributed by atoms with E-state index in [0.29, 0.717) is 6.42 Å². The molecule has 3 rings (SSSR count). The summed E-state index contributed by atoms with van der Waals surface area (Å²) in [7, 11) is -3.71. The number of fused-ring (bicyclic) bond motifs is 1. The van der Waals surface area contributed by atoms with Gasteiger partial charge in [0.1, 0.15) is 12.2 Å². The highest BCUT2D eigenvalue weighted by molar-refractivity contribution is 7.87. The Labute approximate surface area is 100 Å². The van der Waals surface area contributed by atoms with Crippen LogP contribution in [0.2, 0.25) is 0 Å². The summed E-state index contributed by atoms with van der Waals surface area (Å²) in [4.78, 5) is 10.8. The molecule has 5 nitrogen and oxygen atoms in total. The number of halogens is 3. The molecule has 0 aromatic carbocycles. The first-order valence-corrected chi connectivity index (χ1v) is 6.87. The molecular weight excluding hydrogens is 277 g/mol. The number of hydrogen-bond donors (Lipinski definition) is 0. The number of esters is 1. The molecule has 1 aliphatic heterocycles. The lowest BCUT2D eigenvalue weighted by Crippen LogP contribution is -2.40. The predicted octanol–water partition coefficient (Wildman–Crippen LogP) is 0.598. The van der Waals surface area contributed by atoms with E-state index in [1.165, 1.54) is 0 Å². The van der Waals surface area contributed by atoms with Crippen LogP contribution in [0.1, 0.15) is 12.8 Å². The molecule has 5 unspecified atom stereocenters. The highest BCUT2D eigenvalue weighted by Crippen LogP contribution is 2.55. The number of alkyl halides is 3. The number of rotatable bonds is 1. The van der Waals surface area contributed by atoms with E-state index in [4.69, 9.17) is 4.18 Å². The normalized spacial score (nSPS) is 44.3. The molecule has 0 aromatic heterocycles. The Hall–Kier alpha value is -0.830. The molecule has 0 spiro atoms. The van der Waals surface area contributed by atoms with Gasteiger partial charge in [-0.25, -0.2) is 4.79 Å². The van der Waals surface area contributed by atoms with Crippen molar-refractivity contribution in [2.75, 3.05) is 0 Å². The molecule has 1 heterocycles. The molecule has 2 aliphatic carbocycles. The summed E-state index contributed by atoms with van der Waals surface area (Å²) in [5.41, 5.74) is 0. The van der Waals surface area contributed by atoms with Gasteiger partial charge in [-0.3, -0.25) is 4.18 Å². The van der Waals surface area contributed by atoms with Crippen LogP contribution in [0.5, 0.6) is 0 Å². The number of carbonyl (C=O) groups is 1. The third-order valence-corrected chi connectivity index (χ3v) is 5.66. The van der Waals surface area contributed by atoms with Gasteiger partial charge in [-0.2, -0.15) is 21.6 Å². The summed E-state index contributed by atoms with van der Waals surface area (Å²) in [5, 5.41) is -0.645. The van der Waals surface area contributed by atoms with E-state index in [0.717, 1.165) is 0 Å². The van der Waals surface area contributed by atoms with Crippen molar-refractivity contribution in [2.24, 2.45) is 11.8 Å². The van der Waals surface area contributed by atoms with E-state index in [9.17, 15) is 26.4 Å². The van der Waals surface area contributed by atoms with Crippen LogP contribution in [0, 0.1) is 11.8 Å². The monoisotopic (exact) mass is 286 g/mol. The van der Waals surface area contributed by atoms with Gasteiger partial charge in [0.15, 0.2) is 0 Å². The summed E-state index contributed by atoms with van der Waals surface area (Å²) >= 11 is 0. The Balaban J connectivity index is 1.80. The smallest absolute Gasteiger partial charge is 0.453 e. The molecule has 0 N–H and O–H groups in total. The fourth-order valence-electron chi connectivity index (χ4n) is 3.23. The number of hydrogen-bond acceptors (Lipinski definition) is 5. The largest absolute Gasteiger partial charge is 0.490 e. The lowest BCUT2D eigenvalue weighted by molar-refractivity contribution is -0.210. The molecule has 0 aromatic rings. The lowest BCUT2D eigenvalue weighted by atomic mass is 9.94. The summed E-state index contributed by atoms with van der Waals surface area (Å²) in [6, 6.07) is 0. The van der Waals surface area contributed by atoms with Crippen molar-refractivity contribution in [3.63, 3.8) is 0 Å². The highest BCUT2D eigenvalue weighted by atomic mass is 32.2. The summed E-state index contributed by atoms with van der Waals surface area (Å²) in [5.74, 6) is -2.98. The summed E-state index contributed by atoms with van der Waals surface area (Å²) in [6.45, 7) is 0. The first kappa shape index (κ1) is 12.2. The fourth-order valence-corrected chi connectivity index (χ4v) is 5.12. The van der Waals surface area contributed by atoms with Gasteiger partial charge >= 0.3 is 12.1 Å². The van der Waals surface area contributed by atoms with Crippen LogP contribution in [0.3, 0.4) is 0 Å². The van der Waals surface area contributed by atoms with Crippen LogP contribution in [0.4, 0.5) is 13.2 Å². The Morgan fingerprint density at radius 2 is 1.94 bits per heavy atom. The van der Waals surface area contributed by atoms with Gasteiger partial charge in [0, 0.05) is 11.8 Å². The minimum atomic E-state index is -5.07. The third kappa shape index (κ3) is 1.56. The number of carbonyl (C=O) groups excluding carboxylic acids is 1. The van der Waals surface area contributed by atoms with E-state index in [1.54, 1.807) is 0 Å². The van der Waals surface area contributed by atoms with Crippen molar-refractivity contribution in [3.05, 3.63) is 0 Å². The average Bonchev–Trinajstić information content (AvgIpc) is 2.80. The Morgan fingerprint density at radius 3 is 2.56 bits per heavy atom. The molecule has 0 amide bonds. The zero-order valence-corrected chi connectivity index (χ0v) is 9.70. The molecule has 3 fully saturated rings. The summed E-state index contributed by atoms with van der Waals surface area (Å²) in [6.07, 6.45) is -6.47. The second-order valence-electron chi connectivity index (χ2n) is 4.86. The zero-order chi connectivity index (χ0) is 13.3. The van der Waals surface area contributed by atoms with Gasteiger partial charge in [-0.15, -0.1) is 0 Å². The maximum absolute atomic E-state index is 12.1. The molecular formula is C9H9F3O5S. The van der Waals surface area contributed by atoms with Crippen LogP contribution < -0.4 is 0 Å². The van der Waals surface area contributed by atoms with E-state index in [2.05, 4.69) is 4.74 Å². The Morgan fingerprint density at radius 1 is 1.28 bits per heavy atom. The zero-order valence-electron chi connectivity index (χ0n) is 8.88.